The molecule has 1 aromatic rings. The Kier molecular flexibility index (Phi) is 8.85. The van der Waals surface area contributed by atoms with Gasteiger partial charge in [-0.05, 0) is 100 Å². The smallest absolute Gasteiger partial charge is 0.404 e. The molecule has 2 saturated carbocycles. The summed E-state index contributed by atoms with van der Waals surface area (Å²) in [7, 11) is -4.20. The zero-order valence-electron chi connectivity index (χ0n) is 30.7. The van der Waals surface area contributed by atoms with E-state index >= 15 is 0 Å². The van der Waals surface area contributed by atoms with E-state index in [-0.39, 0.29) is 48.7 Å². The number of hydrogen-bond acceptors (Lipinski definition) is 12. The van der Waals surface area contributed by atoms with Gasteiger partial charge in [-0.15, -0.1) is 0 Å². The molecule has 10 fully saturated rings. The van der Waals surface area contributed by atoms with Crippen molar-refractivity contribution in [2.24, 2.45) is 47.3 Å². The van der Waals surface area contributed by atoms with E-state index in [0.29, 0.717) is 17.6 Å². The van der Waals surface area contributed by atoms with E-state index in [2.05, 4.69) is 27.7 Å². The van der Waals surface area contributed by atoms with Crippen molar-refractivity contribution in [3.63, 3.8) is 0 Å². The van der Waals surface area contributed by atoms with Crippen LogP contribution in [0, 0.1) is 47.3 Å². The van der Waals surface area contributed by atoms with E-state index in [1.165, 1.54) is 0 Å². The second-order valence-corrected chi connectivity index (χ2v) is 18.9. The van der Waals surface area contributed by atoms with Crippen LogP contribution in [0.15, 0.2) is 30.3 Å². The highest BCUT2D eigenvalue weighted by Crippen LogP contribution is 2.63. The Labute approximate surface area is 301 Å². The lowest BCUT2D eigenvalue weighted by atomic mass is 9.57. The SMILES string of the molecule is C[C@@H]1[C@@H](COP(=O)(OC[C@H]2O[C@@H]3O[C@@]4(C)CC[C@H]5[C@H](C)CC[C@@H]([C@@H]2C)[C@@]35OO4)Oc2ccccc2)O[C@@H]2O[C@@]3(C)CC[C@H]4[C@H](C)CC[C@@H]1[C@@]24OO3. The van der Waals surface area contributed by atoms with Crippen molar-refractivity contribution in [2.75, 3.05) is 13.2 Å². The number of phosphoric acid groups is 1. The van der Waals surface area contributed by atoms with Crippen molar-refractivity contribution < 1.29 is 56.6 Å². The zero-order chi connectivity index (χ0) is 35.4. The van der Waals surface area contributed by atoms with Crippen molar-refractivity contribution in [1.29, 1.82) is 0 Å². The number of rotatable bonds is 8. The lowest BCUT2D eigenvalue weighted by molar-refractivity contribution is -0.571. The molecule has 0 N–H and O–H groups in total. The van der Waals surface area contributed by atoms with E-state index in [1.807, 2.05) is 32.0 Å². The summed E-state index contributed by atoms with van der Waals surface area (Å²) in [4.78, 5) is 24.6. The van der Waals surface area contributed by atoms with Crippen LogP contribution < -0.4 is 4.52 Å². The molecule has 8 aliphatic heterocycles. The van der Waals surface area contributed by atoms with E-state index < -0.39 is 55.4 Å². The van der Waals surface area contributed by atoms with Gasteiger partial charge in [0.1, 0.15) is 5.75 Å². The van der Waals surface area contributed by atoms with Crippen LogP contribution in [0.3, 0.4) is 0 Å². The fourth-order valence-corrected chi connectivity index (χ4v) is 12.6. The van der Waals surface area contributed by atoms with Crippen LogP contribution in [-0.2, 0) is 52.1 Å². The molecule has 4 bridgehead atoms. The average molecular weight is 735 g/mol. The van der Waals surface area contributed by atoms with Gasteiger partial charge in [-0.25, -0.2) is 24.1 Å². The van der Waals surface area contributed by atoms with Crippen LogP contribution in [-0.4, -0.2) is 60.8 Å². The van der Waals surface area contributed by atoms with Crippen molar-refractivity contribution in [2.45, 2.75) is 140 Å². The summed E-state index contributed by atoms with van der Waals surface area (Å²) in [5.74, 6) is 0.228. The number of ether oxygens (including phenoxy) is 4. The Morgan fingerprint density at radius 1 is 0.647 bits per heavy atom. The maximum atomic E-state index is 14.7. The van der Waals surface area contributed by atoms with E-state index in [4.69, 9.17) is 52.1 Å². The largest absolute Gasteiger partial charge is 0.530 e. The van der Waals surface area contributed by atoms with E-state index in [9.17, 15) is 4.57 Å². The molecule has 0 radical (unpaired) electrons. The van der Waals surface area contributed by atoms with Gasteiger partial charge < -0.3 is 23.5 Å². The summed E-state index contributed by atoms with van der Waals surface area (Å²) in [6.07, 6.45) is 5.27. The quantitative estimate of drug-likeness (QED) is 0.192. The van der Waals surface area contributed by atoms with Gasteiger partial charge in [0.15, 0.2) is 23.8 Å². The first-order valence-corrected chi connectivity index (χ1v) is 20.9. The molecule has 13 heteroatoms. The van der Waals surface area contributed by atoms with Crippen LogP contribution in [0.5, 0.6) is 5.75 Å². The second-order valence-electron chi connectivity index (χ2n) is 17.3. The molecule has 8 saturated heterocycles. The first-order chi connectivity index (χ1) is 24.4. The highest BCUT2D eigenvalue weighted by atomic mass is 31.2. The lowest BCUT2D eigenvalue weighted by Gasteiger charge is -2.60. The number of phosphoric ester groups is 1. The predicted molar refractivity (Wildman–Crippen MR) is 180 cm³/mol. The van der Waals surface area contributed by atoms with Gasteiger partial charge in [-0.2, -0.15) is 0 Å². The highest BCUT2D eigenvalue weighted by molar-refractivity contribution is 7.48. The topological polar surface area (TPSA) is 119 Å². The highest BCUT2D eigenvalue weighted by Gasteiger charge is 2.71. The Balaban J connectivity index is 0.945. The van der Waals surface area contributed by atoms with Crippen molar-refractivity contribution in [3.05, 3.63) is 30.3 Å². The Hall–Kier alpha value is -1.15. The molecular weight excluding hydrogens is 679 g/mol. The minimum Gasteiger partial charge on any atom is -0.404 e. The lowest BCUT2D eigenvalue weighted by Crippen LogP contribution is -2.70. The van der Waals surface area contributed by atoms with Gasteiger partial charge in [0, 0.05) is 24.7 Å². The Morgan fingerprint density at radius 3 is 1.59 bits per heavy atom. The van der Waals surface area contributed by atoms with Crippen molar-refractivity contribution >= 4 is 7.82 Å². The number of benzene rings is 1. The molecule has 0 aromatic heterocycles. The molecule has 0 unspecified atom stereocenters. The van der Waals surface area contributed by atoms with Crippen molar-refractivity contribution in [1.82, 2.24) is 0 Å². The van der Waals surface area contributed by atoms with E-state index in [0.717, 1.165) is 51.4 Å². The summed E-state index contributed by atoms with van der Waals surface area (Å²) in [6.45, 7) is 12.7. The average Bonchev–Trinajstić information content (AvgIpc) is 3.48. The molecule has 12 nitrogen and oxygen atoms in total. The summed E-state index contributed by atoms with van der Waals surface area (Å²) in [6, 6.07) is 8.99. The molecule has 16 atom stereocenters. The normalized spacial score (nSPS) is 52.5. The molecule has 2 spiro atoms. The van der Waals surface area contributed by atoms with Gasteiger partial charge in [0.25, 0.3) is 0 Å². The number of fused-ring (bicyclic) bond motifs is 4. The molecule has 2 aliphatic carbocycles. The molecule has 11 rings (SSSR count). The molecule has 51 heavy (non-hydrogen) atoms. The van der Waals surface area contributed by atoms with Crippen LogP contribution in [0.4, 0.5) is 0 Å². The summed E-state index contributed by atoms with van der Waals surface area (Å²) < 4.78 is 59.8. The summed E-state index contributed by atoms with van der Waals surface area (Å²) >= 11 is 0. The molecular formula is C38H55O12P. The number of para-hydroxylation sites is 1. The van der Waals surface area contributed by atoms with E-state index in [1.54, 1.807) is 12.1 Å². The monoisotopic (exact) mass is 734 g/mol. The van der Waals surface area contributed by atoms with Crippen LogP contribution in [0.1, 0.15) is 92.9 Å². The summed E-state index contributed by atoms with van der Waals surface area (Å²) in [5, 5.41) is 0. The van der Waals surface area contributed by atoms with Crippen LogP contribution in [0.25, 0.3) is 0 Å². The van der Waals surface area contributed by atoms with Gasteiger partial charge in [0.2, 0.25) is 11.6 Å². The maximum Gasteiger partial charge on any atom is 0.530 e. The van der Waals surface area contributed by atoms with Gasteiger partial charge in [-0.1, -0.05) is 45.9 Å². The fraction of sp³-hybridized carbons (Fsp3) is 0.842. The molecule has 0 amide bonds. The van der Waals surface area contributed by atoms with Crippen molar-refractivity contribution in [3.8, 4) is 5.75 Å². The molecule has 10 aliphatic rings. The number of hydrogen-bond donors (Lipinski definition) is 0. The third-order valence-electron chi connectivity index (χ3n) is 14.3. The predicted octanol–water partition coefficient (Wildman–Crippen LogP) is 7.71. The van der Waals surface area contributed by atoms with Gasteiger partial charge >= 0.3 is 7.82 Å². The molecule has 1 aromatic carbocycles. The van der Waals surface area contributed by atoms with Crippen LogP contribution >= 0.6 is 7.82 Å². The van der Waals surface area contributed by atoms with Gasteiger partial charge in [-0.3, -0.25) is 9.05 Å². The first kappa shape index (κ1) is 35.5. The fourth-order valence-electron chi connectivity index (χ4n) is 11.4. The minimum absolute atomic E-state index is 0.00185. The Morgan fingerprint density at radius 2 is 1.12 bits per heavy atom. The third kappa shape index (κ3) is 5.64. The molecule has 284 valence electrons. The maximum absolute atomic E-state index is 14.7. The zero-order valence-corrected chi connectivity index (χ0v) is 31.6. The molecule has 8 heterocycles. The second kappa shape index (κ2) is 12.7. The van der Waals surface area contributed by atoms with Crippen LogP contribution in [0.2, 0.25) is 0 Å². The standard InChI is InChI=1S/C38H55O12P/c1-22-12-14-29-24(3)31(42-33-37(29)27(22)16-18-35(5,44-33)47-49-37)20-40-51(39,46-26-10-8-7-9-11-26)41-21-32-25(4)30-15-13-23(2)28-17-19-36(6)45-34(43-32)38(28,30)50-48-36/h7-11,22-25,27-34H,12-21H2,1-6H3/t22-,23-,24+,25+,27+,28+,29+,30+,31-,32-,33-,34-,35-,36-,37-,38-/m1/s1. The minimum atomic E-state index is -4.20. The Bertz CT molecular complexity index is 1410. The summed E-state index contributed by atoms with van der Waals surface area (Å²) in [5.41, 5.74) is -1.39. The third-order valence-corrected chi connectivity index (χ3v) is 15.7. The van der Waals surface area contributed by atoms with Gasteiger partial charge in [0.05, 0.1) is 25.4 Å². The first-order valence-electron chi connectivity index (χ1n) is 19.4.